The van der Waals surface area contributed by atoms with Crippen LogP contribution in [0.4, 0.5) is 0 Å². The van der Waals surface area contributed by atoms with Crippen molar-refractivity contribution in [1.29, 1.82) is 0 Å². The lowest BCUT2D eigenvalue weighted by Crippen LogP contribution is -2.34. The maximum Gasteiger partial charge on any atom is 0.252 e. The van der Waals surface area contributed by atoms with Crippen molar-refractivity contribution in [2.24, 2.45) is 5.92 Å². The van der Waals surface area contributed by atoms with Crippen LogP contribution in [0.5, 0.6) is 0 Å². The summed E-state index contributed by atoms with van der Waals surface area (Å²) in [5.41, 5.74) is 1.64. The van der Waals surface area contributed by atoms with Gasteiger partial charge in [-0.05, 0) is 43.6 Å². The Hall–Kier alpha value is -1.95. The van der Waals surface area contributed by atoms with Crippen LogP contribution in [0.15, 0.2) is 24.3 Å². The molecule has 0 aliphatic carbocycles. The molecule has 0 aliphatic rings. The monoisotopic (exact) mass is 318 g/mol. The van der Waals surface area contributed by atoms with E-state index in [9.17, 15) is 4.79 Å². The Morgan fingerprint density at radius 2 is 2.09 bits per heavy atom. The van der Waals surface area contributed by atoms with E-state index < -0.39 is 0 Å². The lowest BCUT2D eigenvalue weighted by molar-refractivity contribution is 0.0921. The van der Waals surface area contributed by atoms with Gasteiger partial charge in [0.05, 0.1) is 6.04 Å². The van der Waals surface area contributed by atoms with Gasteiger partial charge >= 0.3 is 0 Å². The van der Waals surface area contributed by atoms with Gasteiger partial charge < -0.3 is 9.88 Å². The lowest BCUT2D eigenvalue weighted by Gasteiger charge is -2.22. The summed E-state index contributed by atoms with van der Waals surface area (Å²) in [5, 5.41) is 10.2. The number of aryl methyl sites for hydroxylation is 1. The van der Waals surface area contributed by atoms with Crippen molar-refractivity contribution < 1.29 is 4.79 Å². The number of nitrogens with one attached hydrogen (secondary N) is 2. The van der Waals surface area contributed by atoms with E-state index in [2.05, 4.69) is 29.4 Å². The maximum atomic E-state index is 12.6. The molecule has 1 atom stereocenters. The molecule has 2 rings (SSSR count). The molecule has 0 bridgehead atoms. The average molecular weight is 318 g/mol. The summed E-state index contributed by atoms with van der Waals surface area (Å²) >= 11 is 5.24. The minimum atomic E-state index is -0.194. The molecule has 0 radical (unpaired) electrons. The van der Waals surface area contributed by atoms with Gasteiger partial charge in [-0.3, -0.25) is 9.89 Å². The molecule has 0 fully saturated rings. The van der Waals surface area contributed by atoms with Crippen molar-refractivity contribution in [2.75, 3.05) is 0 Å². The van der Waals surface area contributed by atoms with Crippen LogP contribution in [0.25, 0.3) is 0 Å². The van der Waals surface area contributed by atoms with Gasteiger partial charge in [-0.15, -0.1) is 0 Å². The molecular weight excluding hydrogens is 296 g/mol. The summed E-state index contributed by atoms with van der Waals surface area (Å²) in [7, 11) is 0. The molecule has 5 nitrogen and oxygen atoms in total. The van der Waals surface area contributed by atoms with Gasteiger partial charge in [0.2, 0.25) is 0 Å². The number of hydrogen-bond donors (Lipinski definition) is 2. The van der Waals surface area contributed by atoms with Crippen LogP contribution in [-0.2, 0) is 6.54 Å². The molecule has 2 N–H and O–H groups in total. The SMILES string of the molecule is CCn1c([C@@H](NC(=O)c2ccccc2C)C(C)C)n[nH]c1=S. The minimum absolute atomic E-state index is 0.0895. The largest absolute Gasteiger partial charge is 0.342 e. The number of H-pyrrole nitrogens is 1. The number of aromatic amines is 1. The molecular formula is C16H22N4OS. The lowest BCUT2D eigenvalue weighted by atomic mass is 10.0. The van der Waals surface area contributed by atoms with E-state index in [1.54, 1.807) is 0 Å². The summed E-state index contributed by atoms with van der Waals surface area (Å²) < 4.78 is 2.49. The smallest absolute Gasteiger partial charge is 0.252 e. The van der Waals surface area contributed by atoms with E-state index in [0.29, 0.717) is 16.9 Å². The van der Waals surface area contributed by atoms with Crippen LogP contribution in [0, 0.1) is 17.6 Å². The summed E-state index contributed by atoms with van der Waals surface area (Å²) in [6.45, 7) is 8.77. The first-order chi connectivity index (χ1) is 10.5. The number of aromatic nitrogens is 3. The van der Waals surface area contributed by atoms with Crippen molar-refractivity contribution in [2.45, 2.75) is 40.3 Å². The van der Waals surface area contributed by atoms with Gasteiger partial charge in [-0.2, -0.15) is 5.10 Å². The molecule has 0 saturated heterocycles. The summed E-state index contributed by atoms with van der Waals surface area (Å²) in [4.78, 5) is 12.6. The molecule has 0 aliphatic heterocycles. The van der Waals surface area contributed by atoms with E-state index in [4.69, 9.17) is 12.2 Å². The van der Waals surface area contributed by atoms with E-state index in [1.165, 1.54) is 0 Å². The van der Waals surface area contributed by atoms with Crippen molar-refractivity contribution in [3.8, 4) is 0 Å². The Kier molecular flexibility index (Phi) is 5.13. The van der Waals surface area contributed by atoms with E-state index in [1.807, 2.05) is 42.7 Å². The van der Waals surface area contributed by atoms with Gasteiger partial charge in [0.15, 0.2) is 10.6 Å². The second-order valence-corrected chi connectivity index (χ2v) is 6.03. The van der Waals surface area contributed by atoms with Gasteiger partial charge in [-0.25, -0.2) is 0 Å². The summed E-state index contributed by atoms with van der Waals surface area (Å²) in [6.07, 6.45) is 0. The molecule has 1 amide bonds. The zero-order chi connectivity index (χ0) is 16.3. The Balaban J connectivity index is 2.32. The molecule has 2 aromatic rings. The maximum absolute atomic E-state index is 12.6. The Bertz CT molecular complexity index is 717. The third kappa shape index (κ3) is 3.27. The Morgan fingerprint density at radius 3 is 2.68 bits per heavy atom. The van der Waals surface area contributed by atoms with E-state index in [-0.39, 0.29) is 17.9 Å². The van der Waals surface area contributed by atoms with Crippen LogP contribution in [-0.4, -0.2) is 20.7 Å². The average Bonchev–Trinajstić information content (AvgIpc) is 2.85. The van der Waals surface area contributed by atoms with Crippen molar-refractivity contribution in [3.63, 3.8) is 0 Å². The van der Waals surface area contributed by atoms with E-state index >= 15 is 0 Å². The number of hydrogen-bond acceptors (Lipinski definition) is 3. The molecule has 6 heteroatoms. The zero-order valence-electron chi connectivity index (χ0n) is 13.4. The van der Waals surface area contributed by atoms with Crippen molar-refractivity contribution >= 4 is 18.1 Å². The second-order valence-electron chi connectivity index (χ2n) is 5.64. The normalized spacial score (nSPS) is 12.4. The fourth-order valence-corrected chi connectivity index (χ4v) is 2.72. The minimum Gasteiger partial charge on any atom is -0.342 e. The summed E-state index contributed by atoms with van der Waals surface area (Å²) in [6, 6.07) is 7.36. The number of nitrogens with zero attached hydrogens (tertiary/aromatic N) is 2. The highest BCUT2D eigenvalue weighted by molar-refractivity contribution is 7.71. The number of rotatable bonds is 5. The molecule has 1 aromatic carbocycles. The molecule has 22 heavy (non-hydrogen) atoms. The predicted molar refractivity (Wildman–Crippen MR) is 89.3 cm³/mol. The van der Waals surface area contributed by atoms with Gasteiger partial charge in [-0.1, -0.05) is 32.0 Å². The fourth-order valence-electron chi connectivity index (χ4n) is 2.45. The van der Waals surface area contributed by atoms with Crippen LogP contribution in [0.1, 0.15) is 48.6 Å². The number of amides is 1. The first-order valence-corrected chi connectivity index (χ1v) is 7.88. The van der Waals surface area contributed by atoms with Gasteiger partial charge in [0.25, 0.3) is 5.91 Å². The third-order valence-corrected chi connectivity index (χ3v) is 4.04. The second kappa shape index (κ2) is 6.87. The first-order valence-electron chi connectivity index (χ1n) is 7.47. The third-order valence-electron chi connectivity index (χ3n) is 3.73. The highest BCUT2D eigenvalue weighted by atomic mass is 32.1. The number of carbonyl (C=O) groups is 1. The van der Waals surface area contributed by atoms with Crippen LogP contribution in [0.2, 0.25) is 0 Å². The molecule has 118 valence electrons. The standard InChI is InChI=1S/C16H22N4OS/c1-5-20-14(18-19-16(20)22)13(10(2)3)17-15(21)12-9-7-6-8-11(12)4/h6-10,13H,5H2,1-4H3,(H,17,21)(H,19,22)/t13-/m0/s1. The zero-order valence-corrected chi connectivity index (χ0v) is 14.2. The van der Waals surface area contributed by atoms with Crippen molar-refractivity contribution in [1.82, 2.24) is 20.1 Å². The topological polar surface area (TPSA) is 62.7 Å². The Labute approximate surface area is 135 Å². The first kappa shape index (κ1) is 16.4. The van der Waals surface area contributed by atoms with Gasteiger partial charge in [0.1, 0.15) is 0 Å². The predicted octanol–water partition coefficient (Wildman–Crippen LogP) is 3.40. The van der Waals surface area contributed by atoms with Crippen molar-refractivity contribution in [3.05, 3.63) is 46.0 Å². The summed E-state index contributed by atoms with van der Waals surface area (Å²) in [5.74, 6) is 0.876. The molecule has 1 aromatic heterocycles. The Morgan fingerprint density at radius 1 is 1.41 bits per heavy atom. The van der Waals surface area contributed by atoms with Crippen LogP contribution >= 0.6 is 12.2 Å². The molecule has 0 saturated carbocycles. The van der Waals surface area contributed by atoms with Crippen LogP contribution in [0.3, 0.4) is 0 Å². The van der Waals surface area contributed by atoms with Gasteiger partial charge in [0, 0.05) is 12.1 Å². The molecule has 1 heterocycles. The highest BCUT2D eigenvalue weighted by Gasteiger charge is 2.24. The molecule has 0 unspecified atom stereocenters. The number of carbonyl (C=O) groups excluding carboxylic acids is 1. The van der Waals surface area contributed by atoms with E-state index in [0.717, 1.165) is 11.4 Å². The highest BCUT2D eigenvalue weighted by Crippen LogP contribution is 2.21. The van der Waals surface area contributed by atoms with Crippen LogP contribution < -0.4 is 5.32 Å². The quantitative estimate of drug-likeness (QED) is 0.831. The molecule has 0 spiro atoms. The number of benzene rings is 1. The fraction of sp³-hybridized carbons (Fsp3) is 0.438.